The van der Waals surface area contributed by atoms with E-state index in [9.17, 15) is 0 Å². The molecule has 2 heteroatoms. The van der Waals surface area contributed by atoms with E-state index in [0.717, 1.165) is 35.5 Å². The van der Waals surface area contributed by atoms with Crippen LogP contribution in [0, 0.1) is 51.8 Å². The van der Waals surface area contributed by atoms with Crippen LogP contribution in [0.4, 0.5) is 0 Å². The fourth-order valence-electron chi connectivity index (χ4n) is 9.99. The highest BCUT2D eigenvalue weighted by Gasteiger charge is 2.65. The summed E-state index contributed by atoms with van der Waals surface area (Å²) in [7, 11) is 0. The van der Waals surface area contributed by atoms with Crippen molar-refractivity contribution < 1.29 is 0 Å². The predicted molar refractivity (Wildman–Crippen MR) is 133 cm³/mol. The Morgan fingerprint density at radius 2 is 1.40 bits per heavy atom. The predicted octanol–water partition coefficient (Wildman–Crippen LogP) is 8.25. The summed E-state index contributed by atoms with van der Waals surface area (Å²) < 4.78 is 0. The molecule has 0 spiro atoms. The lowest BCUT2D eigenvalue weighted by Gasteiger charge is -2.66. The molecular formula is C28H52ClN. The minimum absolute atomic E-state index is 0. The largest absolute Gasteiger partial charge is 0.328 e. The summed E-state index contributed by atoms with van der Waals surface area (Å²) in [6, 6.07) is 0.480. The van der Waals surface area contributed by atoms with Gasteiger partial charge in [0, 0.05) is 6.04 Å². The first kappa shape index (κ1) is 24.9. The summed E-state index contributed by atoms with van der Waals surface area (Å²) in [5.41, 5.74) is 8.19. The highest BCUT2D eigenvalue weighted by Crippen LogP contribution is 2.72. The monoisotopic (exact) mass is 437 g/mol. The lowest BCUT2D eigenvalue weighted by molar-refractivity contribution is -0.168. The summed E-state index contributed by atoms with van der Waals surface area (Å²) in [6.45, 7) is 15.6. The molecule has 0 unspecified atom stereocenters. The van der Waals surface area contributed by atoms with Crippen molar-refractivity contribution in [1.29, 1.82) is 0 Å². The number of hydrogen-bond acceptors (Lipinski definition) is 1. The molecule has 0 radical (unpaired) electrons. The minimum Gasteiger partial charge on any atom is -0.328 e. The molecule has 4 fully saturated rings. The fraction of sp³-hybridized carbons (Fsp3) is 1.00. The summed E-state index contributed by atoms with van der Waals surface area (Å²) in [6.07, 6.45) is 17.3. The van der Waals surface area contributed by atoms with E-state index in [-0.39, 0.29) is 12.4 Å². The maximum atomic E-state index is 6.42. The van der Waals surface area contributed by atoms with Crippen molar-refractivity contribution in [3.8, 4) is 0 Å². The molecule has 1 nitrogen and oxygen atoms in total. The molecule has 0 aromatic rings. The van der Waals surface area contributed by atoms with E-state index < -0.39 is 0 Å². The lowest BCUT2D eigenvalue weighted by atomic mass is 9.39. The van der Waals surface area contributed by atoms with Crippen molar-refractivity contribution in [2.24, 2.45) is 57.5 Å². The van der Waals surface area contributed by atoms with E-state index in [0.29, 0.717) is 22.3 Å². The molecule has 9 atom stereocenters. The number of rotatable bonds is 5. The van der Waals surface area contributed by atoms with Crippen molar-refractivity contribution in [2.45, 2.75) is 125 Å². The first-order valence-corrected chi connectivity index (χ1v) is 13.4. The Balaban J connectivity index is 0.00000256. The molecule has 4 aliphatic carbocycles. The molecule has 0 bridgehead atoms. The Bertz CT molecular complexity index is 589. The third-order valence-corrected chi connectivity index (χ3v) is 11.5. The van der Waals surface area contributed by atoms with Crippen LogP contribution in [0.3, 0.4) is 0 Å². The number of halogens is 1. The highest BCUT2D eigenvalue weighted by atomic mass is 35.5. The van der Waals surface area contributed by atoms with Gasteiger partial charge in [0.15, 0.2) is 0 Å². The van der Waals surface area contributed by atoms with Crippen LogP contribution >= 0.6 is 12.4 Å². The zero-order valence-electron chi connectivity index (χ0n) is 21.0. The molecular weight excluding hydrogens is 386 g/mol. The van der Waals surface area contributed by atoms with Crippen LogP contribution in [0.25, 0.3) is 0 Å². The van der Waals surface area contributed by atoms with Crippen LogP contribution in [0.15, 0.2) is 0 Å². The highest BCUT2D eigenvalue weighted by molar-refractivity contribution is 5.85. The minimum atomic E-state index is 0. The van der Waals surface area contributed by atoms with E-state index in [1.165, 1.54) is 77.0 Å². The Hall–Kier alpha value is 0.250. The van der Waals surface area contributed by atoms with E-state index in [4.69, 9.17) is 5.73 Å². The van der Waals surface area contributed by atoms with Gasteiger partial charge in [-0.2, -0.15) is 0 Å². The van der Waals surface area contributed by atoms with Crippen molar-refractivity contribution in [1.82, 2.24) is 0 Å². The topological polar surface area (TPSA) is 26.0 Å². The summed E-state index contributed by atoms with van der Waals surface area (Å²) in [4.78, 5) is 0. The van der Waals surface area contributed by atoms with Gasteiger partial charge < -0.3 is 5.73 Å². The molecule has 4 saturated carbocycles. The van der Waals surface area contributed by atoms with Crippen LogP contribution in [0.1, 0.15) is 119 Å². The smallest absolute Gasteiger partial charge is 0.00418 e. The van der Waals surface area contributed by atoms with E-state index >= 15 is 0 Å². The second-order valence-electron chi connectivity index (χ2n) is 13.4. The molecule has 0 amide bonds. The average molecular weight is 438 g/mol. The zero-order chi connectivity index (χ0) is 21.0. The second kappa shape index (κ2) is 8.89. The zero-order valence-corrected chi connectivity index (χ0v) is 21.8. The number of hydrogen-bond donors (Lipinski definition) is 1. The van der Waals surface area contributed by atoms with Gasteiger partial charge in [0.25, 0.3) is 0 Å². The molecule has 176 valence electrons. The van der Waals surface area contributed by atoms with Gasteiger partial charge in [-0.3, -0.25) is 0 Å². The van der Waals surface area contributed by atoms with E-state index in [1.807, 2.05) is 0 Å². The first-order valence-electron chi connectivity index (χ1n) is 13.4. The van der Waals surface area contributed by atoms with Gasteiger partial charge in [-0.05, 0) is 110 Å². The summed E-state index contributed by atoms with van der Waals surface area (Å²) in [5.74, 6) is 5.59. The van der Waals surface area contributed by atoms with Gasteiger partial charge in [0.05, 0.1) is 0 Å². The fourth-order valence-corrected chi connectivity index (χ4v) is 9.99. The average Bonchev–Trinajstić information content (AvgIpc) is 3.00. The molecule has 0 aromatic carbocycles. The van der Waals surface area contributed by atoms with Crippen molar-refractivity contribution >= 4 is 12.4 Å². The van der Waals surface area contributed by atoms with Gasteiger partial charge in [-0.25, -0.2) is 0 Å². The van der Waals surface area contributed by atoms with Gasteiger partial charge >= 0.3 is 0 Å². The lowest BCUT2D eigenvalue weighted by Crippen LogP contribution is -2.59. The third kappa shape index (κ3) is 3.91. The van der Waals surface area contributed by atoms with Gasteiger partial charge in [-0.1, -0.05) is 60.8 Å². The standard InChI is InChI=1S/C28H51N.ClH/c1-19(2)8-7-9-20(3)23-10-11-24-27(23,5)17-14-25-26(4)16-13-22(29)18-21(26)12-15-28(24,25)6;/h19-25H,7-18,29H2,1-6H3;1H/t20-,21+,22-,23-,24-,25-,26+,27-,28+;/m1./s1. The molecule has 30 heavy (non-hydrogen) atoms. The molecule has 4 rings (SSSR count). The molecule has 4 aliphatic rings. The van der Waals surface area contributed by atoms with Crippen LogP contribution in [-0.4, -0.2) is 6.04 Å². The van der Waals surface area contributed by atoms with Gasteiger partial charge in [0.1, 0.15) is 0 Å². The SMILES string of the molecule is CC(C)CCC[C@@H](C)[C@H]1CC[C@H]2[C@]3(C)CC[C@H]4C[C@H](N)CC[C@]4(C)[C@H]3CC[C@@]21C.Cl. The quantitative estimate of drug-likeness (QED) is 0.460. The Labute approximate surface area is 194 Å². The normalized spacial score (nSPS) is 49.0. The Morgan fingerprint density at radius 1 is 0.767 bits per heavy atom. The maximum Gasteiger partial charge on any atom is 0.00418 e. The van der Waals surface area contributed by atoms with Crippen molar-refractivity contribution in [3.63, 3.8) is 0 Å². The molecule has 2 N–H and O–H groups in total. The van der Waals surface area contributed by atoms with Crippen LogP contribution in [0.2, 0.25) is 0 Å². The molecule has 0 saturated heterocycles. The Morgan fingerprint density at radius 3 is 2.10 bits per heavy atom. The first-order chi connectivity index (χ1) is 13.6. The van der Waals surface area contributed by atoms with Gasteiger partial charge in [0.2, 0.25) is 0 Å². The number of fused-ring (bicyclic) bond motifs is 5. The van der Waals surface area contributed by atoms with Crippen LogP contribution in [0.5, 0.6) is 0 Å². The maximum absolute atomic E-state index is 6.42. The van der Waals surface area contributed by atoms with Crippen molar-refractivity contribution in [2.75, 3.05) is 0 Å². The van der Waals surface area contributed by atoms with Crippen LogP contribution < -0.4 is 5.73 Å². The van der Waals surface area contributed by atoms with Crippen molar-refractivity contribution in [3.05, 3.63) is 0 Å². The van der Waals surface area contributed by atoms with E-state index in [1.54, 1.807) is 0 Å². The van der Waals surface area contributed by atoms with E-state index in [2.05, 4.69) is 41.5 Å². The molecule has 0 aliphatic heterocycles. The number of nitrogens with two attached hydrogens (primary N) is 1. The summed E-state index contributed by atoms with van der Waals surface area (Å²) in [5, 5.41) is 0. The van der Waals surface area contributed by atoms with Crippen LogP contribution in [-0.2, 0) is 0 Å². The van der Waals surface area contributed by atoms with Gasteiger partial charge in [-0.15, -0.1) is 12.4 Å². The second-order valence-corrected chi connectivity index (χ2v) is 13.4. The molecule has 0 aromatic heterocycles. The Kier molecular flexibility index (Phi) is 7.37. The third-order valence-electron chi connectivity index (χ3n) is 11.5. The molecule has 0 heterocycles. The summed E-state index contributed by atoms with van der Waals surface area (Å²) >= 11 is 0.